The van der Waals surface area contributed by atoms with Gasteiger partial charge in [0.15, 0.2) is 0 Å². The first-order valence-corrected chi connectivity index (χ1v) is 7.99. The molecule has 22 heavy (non-hydrogen) atoms. The fourth-order valence-electron chi connectivity index (χ4n) is 3.77. The van der Waals surface area contributed by atoms with Crippen LogP contribution in [0.2, 0.25) is 0 Å². The van der Waals surface area contributed by atoms with E-state index in [2.05, 4.69) is 10.2 Å². The van der Waals surface area contributed by atoms with Crippen molar-refractivity contribution >= 4 is 24.8 Å². The predicted molar refractivity (Wildman–Crippen MR) is 94.5 cm³/mol. The first kappa shape index (κ1) is 19.7. The number of piperidine rings is 2. The summed E-state index contributed by atoms with van der Waals surface area (Å²) in [5.41, 5.74) is 0.841. The highest BCUT2D eigenvalue weighted by Crippen LogP contribution is 2.31. The maximum absolute atomic E-state index is 13.7. The van der Waals surface area contributed by atoms with Crippen LogP contribution in [0.4, 0.5) is 4.39 Å². The van der Waals surface area contributed by atoms with Crippen LogP contribution in [0, 0.1) is 17.7 Å². The van der Waals surface area contributed by atoms with E-state index in [1.54, 1.807) is 12.1 Å². The Morgan fingerprint density at radius 2 is 1.55 bits per heavy atom. The maximum Gasteiger partial charge on any atom is 0.127 e. The average molecular weight is 349 g/mol. The summed E-state index contributed by atoms with van der Waals surface area (Å²) in [4.78, 5) is 2.41. The number of likely N-dealkylation sites (tertiary alicyclic amines) is 1. The second kappa shape index (κ2) is 9.71. The Balaban J connectivity index is 0.00000121. The van der Waals surface area contributed by atoms with Crippen LogP contribution in [0.3, 0.4) is 0 Å². The van der Waals surface area contributed by atoms with E-state index in [1.165, 1.54) is 38.8 Å². The van der Waals surface area contributed by atoms with Gasteiger partial charge in [-0.05, 0) is 69.8 Å². The van der Waals surface area contributed by atoms with Crippen molar-refractivity contribution in [3.05, 3.63) is 35.6 Å². The zero-order valence-electron chi connectivity index (χ0n) is 13.0. The molecule has 0 aromatic heterocycles. The molecular weight excluding hydrogens is 322 g/mol. The van der Waals surface area contributed by atoms with Gasteiger partial charge in [0.1, 0.15) is 5.82 Å². The normalized spacial score (nSPS) is 21.0. The largest absolute Gasteiger partial charge is 0.317 e. The Morgan fingerprint density at radius 3 is 2.18 bits per heavy atom. The summed E-state index contributed by atoms with van der Waals surface area (Å²) >= 11 is 0. The number of hydrogen-bond donors (Lipinski definition) is 1. The molecule has 1 aromatic carbocycles. The van der Waals surface area contributed by atoms with Crippen molar-refractivity contribution in [3.63, 3.8) is 0 Å². The third kappa shape index (κ3) is 5.09. The standard InChI is InChI=1S/C17H25FN2.2ClH/c18-17-4-2-1-3-16(17)13-20-11-7-15(8-12-20)14-5-9-19-10-6-14;;/h1-4,14-15,19H,5-13H2;2*1H. The molecule has 0 aliphatic carbocycles. The van der Waals surface area contributed by atoms with Gasteiger partial charge in [0.05, 0.1) is 0 Å². The fourth-order valence-corrected chi connectivity index (χ4v) is 3.77. The lowest BCUT2D eigenvalue weighted by molar-refractivity contribution is 0.125. The van der Waals surface area contributed by atoms with E-state index < -0.39 is 0 Å². The molecule has 0 radical (unpaired) electrons. The van der Waals surface area contributed by atoms with Crippen molar-refractivity contribution < 1.29 is 4.39 Å². The highest BCUT2D eigenvalue weighted by molar-refractivity contribution is 5.85. The summed E-state index contributed by atoms with van der Waals surface area (Å²) < 4.78 is 13.7. The lowest BCUT2D eigenvalue weighted by atomic mass is 9.79. The van der Waals surface area contributed by atoms with E-state index >= 15 is 0 Å². The van der Waals surface area contributed by atoms with Gasteiger partial charge in [-0.3, -0.25) is 4.90 Å². The zero-order valence-corrected chi connectivity index (χ0v) is 14.6. The number of halogens is 3. The molecule has 0 unspecified atom stereocenters. The van der Waals surface area contributed by atoms with Crippen molar-refractivity contribution in [3.8, 4) is 0 Å². The Morgan fingerprint density at radius 1 is 0.955 bits per heavy atom. The minimum Gasteiger partial charge on any atom is -0.317 e. The lowest BCUT2D eigenvalue weighted by Crippen LogP contribution is -2.39. The van der Waals surface area contributed by atoms with Crippen molar-refractivity contribution in [2.75, 3.05) is 26.2 Å². The lowest BCUT2D eigenvalue weighted by Gasteiger charge is -2.37. The monoisotopic (exact) mass is 348 g/mol. The molecule has 2 aliphatic rings. The summed E-state index contributed by atoms with van der Waals surface area (Å²) in [5, 5.41) is 3.45. The third-order valence-electron chi connectivity index (χ3n) is 5.03. The van der Waals surface area contributed by atoms with Gasteiger partial charge in [0, 0.05) is 12.1 Å². The molecule has 1 N–H and O–H groups in total. The van der Waals surface area contributed by atoms with Crippen molar-refractivity contribution in [1.82, 2.24) is 10.2 Å². The van der Waals surface area contributed by atoms with E-state index in [4.69, 9.17) is 0 Å². The zero-order chi connectivity index (χ0) is 13.8. The molecule has 5 heteroatoms. The smallest absolute Gasteiger partial charge is 0.127 e. The molecule has 1 aromatic rings. The number of nitrogens with one attached hydrogen (secondary N) is 1. The summed E-state index contributed by atoms with van der Waals surface area (Å²) in [5.74, 6) is 1.76. The Hall–Kier alpha value is -0.350. The van der Waals surface area contributed by atoms with Gasteiger partial charge in [0.2, 0.25) is 0 Å². The first-order chi connectivity index (χ1) is 9.83. The van der Waals surface area contributed by atoms with E-state index in [9.17, 15) is 4.39 Å². The van der Waals surface area contributed by atoms with Gasteiger partial charge >= 0.3 is 0 Å². The molecular formula is C17H27Cl2FN2. The van der Waals surface area contributed by atoms with Crippen LogP contribution in [0.1, 0.15) is 31.2 Å². The van der Waals surface area contributed by atoms with E-state index in [1.807, 2.05) is 12.1 Å². The molecule has 0 atom stereocenters. The fraction of sp³-hybridized carbons (Fsp3) is 0.647. The number of benzene rings is 1. The minimum absolute atomic E-state index is 0. The van der Waals surface area contributed by atoms with Crippen LogP contribution in [0.15, 0.2) is 24.3 Å². The maximum atomic E-state index is 13.7. The average Bonchev–Trinajstić information content (AvgIpc) is 2.51. The van der Waals surface area contributed by atoms with Crippen molar-refractivity contribution in [2.24, 2.45) is 11.8 Å². The van der Waals surface area contributed by atoms with Gasteiger partial charge in [-0.15, -0.1) is 24.8 Å². The molecule has 0 bridgehead atoms. The minimum atomic E-state index is -0.0621. The highest BCUT2D eigenvalue weighted by Gasteiger charge is 2.27. The summed E-state index contributed by atoms with van der Waals surface area (Å²) in [7, 11) is 0. The Bertz CT molecular complexity index is 430. The Labute approximate surface area is 145 Å². The van der Waals surface area contributed by atoms with Crippen LogP contribution in [0.5, 0.6) is 0 Å². The molecule has 0 amide bonds. The first-order valence-electron chi connectivity index (χ1n) is 7.99. The van der Waals surface area contributed by atoms with Crippen LogP contribution in [-0.4, -0.2) is 31.1 Å². The van der Waals surface area contributed by atoms with Gasteiger partial charge in [-0.2, -0.15) is 0 Å². The molecule has 2 saturated heterocycles. The van der Waals surface area contributed by atoms with Crippen molar-refractivity contribution in [2.45, 2.75) is 32.2 Å². The van der Waals surface area contributed by atoms with Crippen molar-refractivity contribution in [1.29, 1.82) is 0 Å². The molecule has 0 saturated carbocycles. The van der Waals surface area contributed by atoms with E-state index in [-0.39, 0.29) is 30.6 Å². The third-order valence-corrected chi connectivity index (χ3v) is 5.03. The van der Waals surface area contributed by atoms with Crippen LogP contribution < -0.4 is 5.32 Å². The Kier molecular flexibility index (Phi) is 8.70. The second-order valence-electron chi connectivity index (χ2n) is 6.29. The van der Waals surface area contributed by atoms with Crippen LogP contribution >= 0.6 is 24.8 Å². The quantitative estimate of drug-likeness (QED) is 0.891. The SMILES string of the molecule is Cl.Cl.Fc1ccccc1CN1CCC(C2CCNCC2)CC1. The van der Waals surface area contributed by atoms with E-state index in [0.29, 0.717) is 0 Å². The van der Waals surface area contributed by atoms with Gasteiger partial charge in [-0.25, -0.2) is 4.39 Å². The molecule has 3 rings (SSSR count). The molecule has 0 spiro atoms. The summed E-state index contributed by atoms with van der Waals surface area (Å²) in [6.07, 6.45) is 5.27. The van der Waals surface area contributed by atoms with Gasteiger partial charge < -0.3 is 5.32 Å². The number of hydrogen-bond acceptors (Lipinski definition) is 2. The molecule has 126 valence electrons. The van der Waals surface area contributed by atoms with Crippen LogP contribution in [-0.2, 0) is 6.54 Å². The predicted octanol–water partition coefficient (Wildman–Crippen LogP) is 3.88. The number of nitrogens with zero attached hydrogens (tertiary/aromatic N) is 1. The topological polar surface area (TPSA) is 15.3 Å². The van der Waals surface area contributed by atoms with Gasteiger partial charge in [0.25, 0.3) is 0 Å². The molecule has 2 aliphatic heterocycles. The van der Waals surface area contributed by atoms with E-state index in [0.717, 1.165) is 37.0 Å². The summed E-state index contributed by atoms with van der Waals surface area (Å²) in [6.45, 7) is 5.41. The highest BCUT2D eigenvalue weighted by atomic mass is 35.5. The van der Waals surface area contributed by atoms with Crippen LogP contribution in [0.25, 0.3) is 0 Å². The molecule has 2 heterocycles. The second-order valence-corrected chi connectivity index (χ2v) is 6.29. The molecule has 2 fully saturated rings. The van der Waals surface area contributed by atoms with Gasteiger partial charge in [-0.1, -0.05) is 18.2 Å². The summed E-state index contributed by atoms with van der Waals surface area (Å²) in [6, 6.07) is 7.17. The number of rotatable bonds is 3. The molecule has 2 nitrogen and oxygen atoms in total.